The lowest BCUT2D eigenvalue weighted by atomic mass is 10.0. The van der Waals surface area contributed by atoms with E-state index in [0.717, 1.165) is 34.1 Å². The highest BCUT2D eigenvalue weighted by Gasteiger charge is 2.17. The Bertz CT molecular complexity index is 1180. The molecule has 0 saturated carbocycles. The van der Waals surface area contributed by atoms with Gasteiger partial charge in [0.2, 0.25) is 0 Å². The number of pyridine rings is 2. The van der Waals surface area contributed by atoms with E-state index in [2.05, 4.69) is 28.7 Å². The normalized spacial score (nSPS) is 11.1. The lowest BCUT2D eigenvalue weighted by Gasteiger charge is -2.20. The summed E-state index contributed by atoms with van der Waals surface area (Å²) in [5.41, 5.74) is 4.52. The topological polar surface area (TPSA) is 46.9 Å². The molecule has 28 heavy (non-hydrogen) atoms. The molecule has 2 aromatic carbocycles. The molecule has 0 spiro atoms. The number of hydrogen-bond donors (Lipinski definition) is 1. The van der Waals surface area contributed by atoms with Crippen molar-refractivity contribution in [1.29, 1.82) is 0 Å². The molecule has 0 aliphatic carbocycles. The van der Waals surface area contributed by atoms with Gasteiger partial charge in [-0.15, -0.1) is 0 Å². The van der Waals surface area contributed by atoms with Crippen molar-refractivity contribution in [2.24, 2.45) is 0 Å². The first-order chi connectivity index (χ1) is 13.5. The molecule has 0 saturated heterocycles. The number of benzene rings is 2. The monoisotopic (exact) mass is 369 g/mol. The van der Waals surface area contributed by atoms with Gasteiger partial charge in [-0.3, -0.25) is 14.3 Å². The number of nitrogens with zero attached hydrogens (tertiary/aromatic N) is 2. The third-order valence-corrected chi connectivity index (χ3v) is 4.76. The summed E-state index contributed by atoms with van der Waals surface area (Å²) in [6.07, 6.45) is 0. The molecule has 0 aliphatic heterocycles. The Labute approximate surface area is 164 Å². The van der Waals surface area contributed by atoms with E-state index >= 15 is 0 Å². The molecule has 0 bridgehead atoms. The molecule has 4 heteroatoms. The molecular weight excluding hydrogens is 346 g/mol. The Hall–Kier alpha value is -3.40. The van der Waals surface area contributed by atoms with Crippen LogP contribution in [0.25, 0.3) is 16.6 Å². The van der Waals surface area contributed by atoms with Gasteiger partial charge in [0.05, 0.1) is 16.6 Å². The van der Waals surface area contributed by atoms with Crippen LogP contribution >= 0.6 is 0 Å². The molecule has 0 fully saturated rings. The number of rotatable bonds is 4. The van der Waals surface area contributed by atoms with Crippen molar-refractivity contribution < 1.29 is 0 Å². The number of aromatic nitrogens is 2. The van der Waals surface area contributed by atoms with Gasteiger partial charge < -0.3 is 5.32 Å². The largest absolute Gasteiger partial charge is 0.341 e. The predicted octanol–water partition coefficient (Wildman–Crippen LogP) is 5.56. The minimum atomic E-state index is -0.0168. The van der Waals surface area contributed by atoms with Gasteiger partial charge in [0.15, 0.2) is 5.43 Å². The molecule has 140 valence electrons. The van der Waals surface area contributed by atoms with Crippen LogP contribution in [-0.2, 0) is 0 Å². The molecule has 2 heterocycles. The van der Waals surface area contributed by atoms with E-state index in [1.807, 2.05) is 73.7 Å². The van der Waals surface area contributed by atoms with E-state index in [4.69, 9.17) is 0 Å². The van der Waals surface area contributed by atoms with Gasteiger partial charge in [-0.1, -0.05) is 50.2 Å². The summed E-state index contributed by atoms with van der Waals surface area (Å²) in [4.78, 5) is 17.8. The Balaban J connectivity index is 2.08. The Morgan fingerprint density at radius 1 is 0.929 bits per heavy atom. The van der Waals surface area contributed by atoms with Gasteiger partial charge in [0.1, 0.15) is 5.82 Å². The smallest absolute Gasteiger partial charge is 0.193 e. The maximum Gasteiger partial charge on any atom is 0.193 e. The van der Waals surface area contributed by atoms with Gasteiger partial charge >= 0.3 is 0 Å². The second kappa shape index (κ2) is 7.31. The van der Waals surface area contributed by atoms with Crippen LogP contribution in [0.1, 0.15) is 31.2 Å². The zero-order chi connectivity index (χ0) is 19.7. The maximum atomic E-state index is 13.1. The quantitative estimate of drug-likeness (QED) is 0.512. The maximum absolute atomic E-state index is 13.1. The van der Waals surface area contributed by atoms with Crippen molar-refractivity contribution in [3.05, 3.63) is 94.4 Å². The molecule has 0 radical (unpaired) electrons. The molecule has 4 aromatic rings. The first kappa shape index (κ1) is 18.0. The van der Waals surface area contributed by atoms with E-state index in [1.165, 1.54) is 0 Å². The van der Waals surface area contributed by atoms with Crippen LogP contribution in [0.5, 0.6) is 0 Å². The van der Waals surface area contributed by atoms with E-state index in [9.17, 15) is 4.79 Å². The zero-order valence-electron chi connectivity index (χ0n) is 16.3. The lowest BCUT2D eigenvalue weighted by Crippen LogP contribution is -2.15. The van der Waals surface area contributed by atoms with Gasteiger partial charge in [0.25, 0.3) is 0 Å². The Morgan fingerprint density at radius 3 is 2.21 bits per heavy atom. The van der Waals surface area contributed by atoms with Crippen molar-refractivity contribution in [3.63, 3.8) is 0 Å². The third kappa shape index (κ3) is 3.29. The lowest BCUT2D eigenvalue weighted by molar-refractivity contribution is 0.825. The molecule has 0 unspecified atom stereocenters. The minimum absolute atomic E-state index is 0.0168. The number of fused-ring (bicyclic) bond motifs is 1. The van der Waals surface area contributed by atoms with Crippen LogP contribution < -0.4 is 10.7 Å². The number of anilines is 2. The SMILES string of the molecule is Cc1cc2c(c(C(C)C)n1)c(=O)cc(Nc1ccccc1)n2-c1ccccc1. The van der Waals surface area contributed by atoms with Crippen molar-refractivity contribution in [2.75, 3.05) is 5.32 Å². The second-order valence-corrected chi connectivity index (χ2v) is 7.25. The predicted molar refractivity (Wildman–Crippen MR) is 116 cm³/mol. The van der Waals surface area contributed by atoms with E-state index in [0.29, 0.717) is 5.39 Å². The Morgan fingerprint density at radius 2 is 1.57 bits per heavy atom. The van der Waals surface area contributed by atoms with E-state index in [1.54, 1.807) is 6.07 Å². The van der Waals surface area contributed by atoms with E-state index < -0.39 is 0 Å². The number of hydrogen-bond acceptors (Lipinski definition) is 3. The third-order valence-electron chi connectivity index (χ3n) is 4.76. The summed E-state index contributed by atoms with van der Waals surface area (Å²) in [6.45, 7) is 6.12. The first-order valence-corrected chi connectivity index (χ1v) is 9.49. The summed E-state index contributed by atoms with van der Waals surface area (Å²) in [5.74, 6) is 0.891. The van der Waals surface area contributed by atoms with Crippen LogP contribution in [0, 0.1) is 6.92 Å². The highest BCUT2D eigenvalue weighted by atomic mass is 16.1. The minimum Gasteiger partial charge on any atom is -0.341 e. The van der Waals surface area contributed by atoms with Gasteiger partial charge in [-0.05, 0) is 43.2 Å². The fourth-order valence-electron chi connectivity index (χ4n) is 3.53. The fourth-order valence-corrected chi connectivity index (χ4v) is 3.53. The summed E-state index contributed by atoms with van der Waals surface area (Å²) in [6, 6.07) is 23.6. The highest BCUT2D eigenvalue weighted by Crippen LogP contribution is 2.29. The molecule has 0 amide bonds. The summed E-state index contributed by atoms with van der Waals surface area (Å²) < 4.78 is 2.10. The molecule has 0 aliphatic rings. The first-order valence-electron chi connectivity index (χ1n) is 9.49. The van der Waals surface area contributed by atoms with Crippen LogP contribution in [0.4, 0.5) is 11.5 Å². The van der Waals surface area contributed by atoms with Crippen LogP contribution in [0.15, 0.2) is 77.6 Å². The highest BCUT2D eigenvalue weighted by molar-refractivity contribution is 5.86. The molecule has 4 nitrogen and oxygen atoms in total. The van der Waals surface area contributed by atoms with Crippen molar-refractivity contribution in [1.82, 2.24) is 9.55 Å². The van der Waals surface area contributed by atoms with Gasteiger partial charge in [0, 0.05) is 23.1 Å². The molecule has 2 aromatic heterocycles. The number of aryl methyl sites for hydroxylation is 1. The van der Waals surface area contributed by atoms with Crippen molar-refractivity contribution in [3.8, 4) is 5.69 Å². The standard InChI is InChI=1S/C24H23N3O/c1-16(2)24-23-20(14-17(3)25-24)27(19-12-8-5-9-13-19)22(15-21(23)28)26-18-10-6-4-7-11-18/h4-16,26H,1-3H3. The molecule has 4 rings (SSSR count). The molecular formula is C24H23N3O. The van der Waals surface area contributed by atoms with Crippen LogP contribution in [0.2, 0.25) is 0 Å². The average Bonchev–Trinajstić information content (AvgIpc) is 2.68. The summed E-state index contributed by atoms with van der Waals surface area (Å²) in [5, 5.41) is 4.10. The number of para-hydroxylation sites is 2. The fraction of sp³-hybridized carbons (Fsp3) is 0.167. The molecule has 1 N–H and O–H groups in total. The summed E-state index contributed by atoms with van der Waals surface area (Å²) in [7, 11) is 0. The Kier molecular flexibility index (Phi) is 4.70. The van der Waals surface area contributed by atoms with Gasteiger partial charge in [-0.25, -0.2) is 0 Å². The van der Waals surface area contributed by atoms with Crippen LogP contribution in [0.3, 0.4) is 0 Å². The number of nitrogens with one attached hydrogen (secondary N) is 1. The summed E-state index contributed by atoms with van der Waals surface area (Å²) >= 11 is 0. The average molecular weight is 369 g/mol. The van der Waals surface area contributed by atoms with Crippen LogP contribution in [-0.4, -0.2) is 9.55 Å². The van der Waals surface area contributed by atoms with Gasteiger partial charge in [-0.2, -0.15) is 0 Å². The zero-order valence-corrected chi connectivity index (χ0v) is 16.3. The molecule has 0 atom stereocenters. The van der Waals surface area contributed by atoms with Crippen molar-refractivity contribution in [2.45, 2.75) is 26.7 Å². The van der Waals surface area contributed by atoms with E-state index in [-0.39, 0.29) is 11.3 Å². The van der Waals surface area contributed by atoms with Crippen molar-refractivity contribution >= 4 is 22.4 Å². The second-order valence-electron chi connectivity index (χ2n) is 7.25.